The van der Waals surface area contributed by atoms with E-state index >= 15 is 0 Å². The summed E-state index contributed by atoms with van der Waals surface area (Å²) in [5.41, 5.74) is 0.797. The number of likely N-dealkylation sites (tertiary alicyclic amines) is 1. The molecule has 2 unspecified atom stereocenters. The molecule has 100 valence electrons. The van der Waals surface area contributed by atoms with Crippen LogP contribution in [0, 0.1) is 5.92 Å². The van der Waals surface area contributed by atoms with E-state index in [1.807, 2.05) is 41.5 Å². The standard InChI is InChI=1S/C15H17NO2S/c1-10-11(8-17)6-7-16(10)15(18)13-9-19-14-5-3-2-4-12(13)14/h2-5,9-11,17H,6-8H2,1H3. The van der Waals surface area contributed by atoms with E-state index in [2.05, 4.69) is 0 Å². The highest BCUT2D eigenvalue weighted by Crippen LogP contribution is 2.30. The van der Waals surface area contributed by atoms with E-state index in [1.165, 1.54) is 0 Å². The van der Waals surface area contributed by atoms with E-state index in [4.69, 9.17) is 0 Å². The Morgan fingerprint density at radius 3 is 3.00 bits per heavy atom. The predicted molar refractivity (Wildman–Crippen MR) is 77.5 cm³/mol. The third-order valence-corrected chi connectivity index (χ3v) is 5.08. The quantitative estimate of drug-likeness (QED) is 0.915. The SMILES string of the molecule is CC1C(CO)CCN1C(=O)c1csc2ccccc12. The number of hydrogen-bond acceptors (Lipinski definition) is 3. The minimum atomic E-state index is 0.0981. The van der Waals surface area contributed by atoms with Gasteiger partial charge in [-0.05, 0) is 19.4 Å². The Morgan fingerprint density at radius 1 is 1.47 bits per heavy atom. The van der Waals surface area contributed by atoms with E-state index in [0.717, 1.165) is 28.6 Å². The molecule has 1 aliphatic heterocycles. The molecule has 0 bridgehead atoms. The van der Waals surface area contributed by atoms with Crippen LogP contribution in [0.4, 0.5) is 0 Å². The molecule has 1 saturated heterocycles. The summed E-state index contributed by atoms with van der Waals surface area (Å²) in [6, 6.07) is 8.13. The molecule has 0 radical (unpaired) electrons. The van der Waals surface area contributed by atoms with E-state index in [0.29, 0.717) is 0 Å². The molecule has 0 aliphatic carbocycles. The zero-order valence-corrected chi connectivity index (χ0v) is 11.7. The van der Waals surface area contributed by atoms with Crippen LogP contribution in [0.15, 0.2) is 29.6 Å². The fourth-order valence-electron chi connectivity index (χ4n) is 2.83. The van der Waals surface area contributed by atoms with Gasteiger partial charge in [-0.25, -0.2) is 0 Å². The van der Waals surface area contributed by atoms with Crippen molar-refractivity contribution in [2.75, 3.05) is 13.2 Å². The lowest BCUT2D eigenvalue weighted by Gasteiger charge is -2.23. The van der Waals surface area contributed by atoms with Crippen LogP contribution in [0.2, 0.25) is 0 Å². The molecule has 1 amide bonds. The summed E-state index contributed by atoms with van der Waals surface area (Å²) < 4.78 is 1.15. The van der Waals surface area contributed by atoms with Crippen LogP contribution in [-0.4, -0.2) is 35.1 Å². The van der Waals surface area contributed by atoms with Crippen molar-refractivity contribution in [1.82, 2.24) is 4.90 Å². The van der Waals surface area contributed by atoms with Crippen molar-refractivity contribution in [2.24, 2.45) is 5.92 Å². The van der Waals surface area contributed by atoms with Gasteiger partial charge < -0.3 is 10.0 Å². The maximum Gasteiger partial charge on any atom is 0.255 e. The van der Waals surface area contributed by atoms with Crippen LogP contribution in [0.5, 0.6) is 0 Å². The van der Waals surface area contributed by atoms with Crippen molar-refractivity contribution in [2.45, 2.75) is 19.4 Å². The van der Waals surface area contributed by atoms with Gasteiger partial charge in [0, 0.05) is 40.6 Å². The molecule has 2 atom stereocenters. The highest BCUT2D eigenvalue weighted by atomic mass is 32.1. The summed E-state index contributed by atoms with van der Waals surface area (Å²) in [6.45, 7) is 2.94. The summed E-state index contributed by atoms with van der Waals surface area (Å²) in [6.07, 6.45) is 0.894. The summed E-state index contributed by atoms with van der Waals surface area (Å²) in [4.78, 5) is 14.5. The van der Waals surface area contributed by atoms with Gasteiger partial charge in [0.1, 0.15) is 0 Å². The molecule has 2 heterocycles. The first-order valence-electron chi connectivity index (χ1n) is 6.60. The van der Waals surface area contributed by atoms with Crippen molar-refractivity contribution >= 4 is 27.3 Å². The van der Waals surface area contributed by atoms with Crippen LogP contribution >= 0.6 is 11.3 Å². The second-order valence-corrected chi connectivity index (χ2v) is 6.03. The van der Waals surface area contributed by atoms with Gasteiger partial charge in [0.2, 0.25) is 0 Å². The van der Waals surface area contributed by atoms with Gasteiger partial charge in [0.25, 0.3) is 5.91 Å². The molecule has 4 heteroatoms. The molecule has 1 aliphatic rings. The number of nitrogens with zero attached hydrogens (tertiary/aromatic N) is 1. The number of amides is 1. The number of thiophene rings is 1. The van der Waals surface area contributed by atoms with Crippen molar-refractivity contribution < 1.29 is 9.90 Å². The van der Waals surface area contributed by atoms with Crippen molar-refractivity contribution in [1.29, 1.82) is 0 Å². The van der Waals surface area contributed by atoms with Crippen molar-refractivity contribution in [3.05, 3.63) is 35.2 Å². The van der Waals surface area contributed by atoms with Crippen molar-refractivity contribution in [3.63, 3.8) is 0 Å². The van der Waals surface area contributed by atoms with Gasteiger partial charge in [0.05, 0.1) is 5.56 Å². The maximum atomic E-state index is 12.6. The largest absolute Gasteiger partial charge is 0.396 e. The Hall–Kier alpha value is -1.39. The second kappa shape index (κ2) is 4.94. The Kier molecular flexibility index (Phi) is 3.29. The summed E-state index contributed by atoms with van der Waals surface area (Å²) in [7, 11) is 0. The fourth-order valence-corrected chi connectivity index (χ4v) is 3.77. The van der Waals surface area contributed by atoms with Crippen molar-refractivity contribution in [3.8, 4) is 0 Å². The molecule has 1 aromatic heterocycles. The third kappa shape index (κ3) is 2.05. The average molecular weight is 275 g/mol. The molecule has 19 heavy (non-hydrogen) atoms. The summed E-state index contributed by atoms with van der Waals surface area (Å²) in [5.74, 6) is 0.315. The van der Waals surface area contributed by atoms with Gasteiger partial charge in [-0.3, -0.25) is 4.79 Å². The lowest BCUT2D eigenvalue weighted by molar-refractivity contribution is 0.0719. The third-order valence-electron chi connectivity index (χ3n) is 4.12. The summed E-state index contributed by atoms with van der Waals surface area (Å²) in [5, 5.41) is 12.3. The number of carbonyl (C=O) groups excluding carboxylic acids is 1. The molecule has 3 nitrogen and oxygen atoms in total. The van der Waals surface area contributed by atoms with E-state index < -0.39 is 0 Å². The number of aliphatic hydroxyl groups excluding tert-OH is 1. The first-order valence-corrected chi connectivity index (χ1v) is 7.48. The highest BCUT2D eigenvalue weighted by molar-refractivity contribution is 7.17. The molecule has 1 N–H and O–H groups in total. The number of carbonyl (C=O) groups is 1. The topological polar surface area (TPSA) is 40.5 Å². The highest BCUT2D eigenvalue weighted by Gasteiger charge is 2.34. The smallest absolute Gasteiger partial charge is 0.255 e. The number of benzene rings is 1. The lowest BCUT2D eigenvalue weighted by Crippen LogP contribution is -2.36. The number of aliphatic hydroxyl groups is 1. The van der Waals surface area contributed by atoms with Gasteiger partial charge in [-0.15, -0.1) is 11.3 Å². The summed E-state index contributed by atoms with van der Waals surface area (Å²) >= 11 is 1.61. The molecule has 2 aromatic rings. The normalized spacial score (nSPS) is 23.2. The van der Waals surface area contributed by atoms with Gasteiger partial charge in [0.15, 0.2) is 0 Å². The minimum Gasteiger partial charge on any atom is -0.396 e. The zero-order valence-electron chi connectivity index (χ0n) is 10.9. The van der Waals surface area contributed by atoms with Gasteiger partial charge in [-0.2, -0.15) is 0 Å². The lowest BCUT2D eigenvalue weighted by atomic mass is 10.0. The van der Waals surface area contributed by atoms with Crippen LogP contribution in [0.25, 0.3) is 10.1 Å². The Balaban J connectivity index is 1.92. The van der Waals surface area contributed by atoms with E-state index in [-0.39, 0.29) is 24.5 Å². The first kappa shape index (κ1) is 12.6. The van der Waals surface area contributed by atoms with Crippen LogP contribution in [-0.2, 0) is 0 Å². The second-order valence-electron chi connectivity index (χ2n) is 5.12. The Morgan fingerprint density at radius 2 is 2.26 bits per heavy atom. The predicted octanol–water partition coefficient (Wildman–Crippen LogP) is 2.74. The van der Waals surface area contributed by atoms with E-state index in [1.54, 1.807) is 11.3 Å². The minimum absolute atomic E-state index is 0.0981. The average Bonchev–Trinajstić information content (AvgIpc) is 3.01. The molecule has 0 saturated carbocycles. The number of hydrogen-bond donors (Lipinski definition) is 1. The first-order chi connectivity index (χ1) is 9.22. The van der Waals surface area contributed by atoms with E-state index in [9.17, 15) is 9.90 Å². The Labute approximate surface area is 116 Å². The zero-order chi connectivity index (χ0) is 13.4. The molecule has 1 fully saturated rings. The molecule has 0 spiro atoms. The molecular formula is C15H17NO2S. The number of rotatable bonds is 2. The fraction of sp³-hybridized carbons (Fsp3) is 0.400. The monoisotopic (exact) mass is 275 g/mol. The van der Waals surface area contributed by atoms with Crippen LogP contribution in [0.3, 0.4) is 0 Å². The molecule has 3 rings (SSSR count). The molecule has 1 aromatic carbocycles. The Bertz CT molecular complexity index is 607. The maximum absolute atomic E-state index is 12.6. The van der Waals surface area contributed by atoms with Crippen LogP contribution < -0.4 is 0 Å². The van der Waals surface area contributed by atoms with Gasteiger partial charge >= 0.3 is 0 Å². The number of fused-ring (bicyclic) bond motifs is 1. The van der Waals surface area contributed by atoms with Gasteiger partial charge in [-0.1, -0.05) is 18.2 Å². The van der Waals surface area contributed by atoms with Crippen LogP contribution in [0.1, 0.15) is 23.7 Å². The molecular weight excluding hydrogens is 258 g/mol.